The molecule has 0 aromatic heterocycles. The van der Waals surface area contributed by atoms with Gasteiger partial charge in [-0.25, -0.2) is 0 Å². The highest BCUT2D eigenvalue weighted by Crippen LogP contribution is 2.65. The van der Waals surface area contributed by atoms with E-state index in [1.54, 1.807) is 0 Å². The minimum absolute atomic E-state index is 0.226. The van der Waals surface area contributed by atoms with Gasteiger partial charge in [0.05, 0.1) is 6.10 Å². The first-order chi connectivity index (χ1) is 6.88. The van der Waals surface area contributed by atoms with Crippen molar-refractivity contribution in [3.8, 4) is 0 Å². The third-order valence-electron chi connectivity index (χ3n) is 5.45. The van der Waals surface area contributed by atoms with E-state index in [1.165, 1.54) is 19.3 Å². The second-order valence-electron chi connectivity index (χ2n) is 6.42. The minimum atomic E-state index is -0.226. The van der Waals surface area contributed by atoms with Gasteiger partial charge in [-0.3, -0.25) is 0 Å². The van der Waals surface area contributed by atoms with Gasteiger partial charge >= 0.3 is 0 Å². The van der Waals surface area contributed by atoms with Crippen molar-refractivity contribution < 1.29 is 5.11 Å². The molecule has 4 atom stereocenters. The summed E-state index contributed by atoms with van der Waals surface area (Å²) in [6.07, 6.45) is 3.82. The molecule has 0 saturated heterocycles. The molecule has 2 nitrogen and oxygen atoms in total. The van der Waals surface area contributed by atoms with Crippen LogP contribution in [0.4, 0.5) is 0 Å². The second kappa shape index (κ2) is 3.46. The van der Waals surface area contributed by atoms with Crippen LogP contribution in [-0.2, 0) is 0 Å². The van der Waals surface area contributed by atoms with Gasteiger partial charge in [0.25, 0.3) is 0 Å². The summed E-state index contributed by atoms with van der Waals surface area (Å²) in [6, 6.07) is 0.612. The van der Waals surface area contributed by atoms with Crippen molar-refractivity contribution >= 4 is 0 Å². The molecule has 2 N–H and O–H groups in total. The second-order valence-corrected chi connectivity index (χ2v) is 6.42. The standard InChI is InChI=1S/C13H25NO/c1-9(15)8-14-11-7-10-5-6-13(11,4)12(10,2)3/h9-11,14-15H,5-8H2,1-4H3/t9-,10?,11?,13?/m0/s1. The third-order valence-corrected chi connectivity index (χ3v) is 5.45. The van der Waals surface area contributed by atoms with E-state index < -0.39 is 0 Å². The Bertz CT molecular complexity index is 249. The summed E-state index contributed by atoms with van der Waals surface area (Å²) in [4.78, 5) is 0. The zero-order chi connectivity index (χ0) is 11.3. The molecule has 2 aliphatic rings. The number of aliphatic hydroxyl groups is 1. The van der Waals surface area contributed by atoms with Crippen molar-refractivity contribution in [3.05, 3.63) is 0 Å². The molecule has 2 rings (SSSR count). The average Bonchev–Trinajstić information content (AvgIpc) is 2.46. The Labute approximate surface area is 93.5 Å². The van der Waals surface area contributed by atoms with E-state index in [1.807, 2.05) is 6.92 Å². The van der Waals surface area contributed by atoms with Gasteiger partial charge in [0.15, 0.2) is 0 Å². The van der Waals surface area contributed by atoms with Gasteiger partial charge in [0.2, 0.25) is 0 Å². The lowest BCUT2D eigenvalue weighted by atomic mass is 9.69. The summed E-state index contributed by atoms with van der Waals surface area (Å²) >= 11 is 0. The predicted molar refractivity (Wildman–Crippen MR) is 62.7 cm³/mol. The summed E-state index contributed by atoms with van der Waals surface area (Å²) in [5.74, 6) is 0.883. The largest absolute Gasteiger partial charge is 0.392 e. The number of aliphatic hydroxyl groups excluding tert-OH is 1. The van der Waals surface area contributed by atoms with Gasteiger partial charge in [-0.1, -0.05) is 20.8 Å². The van der Waals surface area contributed by atoms with Crippen molar-refractivity contribution in [2.24, 2.45) is 16.7 Å². The molecule has 0 aromatic rings. The minimum Gasteiger partial charge on any atom is -0.392 e. The Hall–Kier alpha value is -0.0800. The molecule has 2 bridgehead atoms. The van der Waals surface area contributed by atoms with Crippen molar-refractivity contribution in [1.29, 1.82) is 0 Å². The number of rotatable bonds is 3. The zero-order valence-corrected chi connectivity index (χ0v) is 10.5. The smallest absolute Gasteiger partial charge is 0.0636 e. The molecule has 0 heterocycles. The first-order valence-electron chi connectivity index (χ1n) is 6.29. The first kappa shape index (κ1) is 11.4. The number of nitrogens with one attached hydrogen (secondary N) is 1. The van der Waals surface area contributed by atoms with Crippen LogP contribution in [0.3, 0.4) is 0 Å². The molecule has 0 radical (unpaired) electrons. The number of fused-ring (bicyclic) bond motifs is 2. The summed E-state index contributed by atoms with van der Waals surface area (Å²) in [7, 11) is 0. The molecule has 88 valence electrons. The van der Waals surface area contributed by atoms with Gasteiger partial charge in [0.1, 0.15) is 0 Å². The number of hydrogen-bond acceptors (Lipinski definition) is 2. The highest BCUT2D eigenvalue weighted by Gasteiger charge is 2.60. The Morgan fingerprint density at radius 2 is 2.07 bits per heavy atom. The van der Waals surface area contributed by atoms with Crippen LogP contribution in [0.15, 0.2) is 0 Å². The fraction of sp³-hybridized carbons (Fsp3) is 1.00. The van der Waals surface area contributed by atoms with E-state index >= 15 is 0 Å². The SMILES string of the molecule is C[C@H](O)CNC1CC2CCC1(C)C2(C)C. The van der Waals surface area contributed by atoms with Crippen LogP contribution in [-0.4, -0.2) is 23.8 Å². The Balaban J connectivity index is 2.06. The van der Waals surface area contributed by atoms with Crippen LogP contribution >= 0.6 is 0 Å². The molecule has 3 unspecified atom stereocenters. The fourth-order valence-corrected chi connectivity index (χ4v) is 3.83. The van der Waals surface area contributed by atoms with Crippen LogP contribution in [0.25, 0.3) is 0 Å². The average molecular weight is 211 g/mol. The first-order valence-corrected chi connectivity index (χ1v) is 6.29. The van der Waals surface area contributed by atoms with E-state index in [4.69, 9.17) is 0 Å². The molecule has 0 aromatic carbocycles. The third kappa shape index (κ3) is 1.53. The topological polar surface area (TPSA) is 32.3 Å². The van der Waals surface area contributed by atoms with Crippen LogP contribution in [0, 0.1) is 16.7 Å². The lowest BCUT2D eigenvalue weighted by Crippen LogP contribution is -2.46. The van der Waals surface area contributed by atoms with Crippen LogP contribution in [0.1, 0.15) is 47.0 Å². The lowest BCUT2D eigenvalue weighted by Gasteiger charge is -2.39. The van der Waals surface area contributed by atoms with Gasteiger partial charge in [0, 0.05) is 12.6 Å². The van der Waals surface area contributed by atoms with Crippen molar-refractivity contribution in [2.45, 2.75) is 59.1 Å². The van der Waals surface area contributed by atoms with E-state index in [0.717, 1.165) is 12.5 Å². The maximum absolute atomic E-state index is 9.33. The molecule has 15 heavy (non-hydrogen) atoms. The summed E-state index contributed by atoms with van der Waals surface area (Å²) in [6.45, 7) is 9.87. The zero-order valence-electron chi connectivity index (χ0n) is 10.5. The quantitative estimate of drug-likeness (QED) is 0.750. The molecule has 0 spiro atoms. The molecule has 2 heteroatoms. The fourth-order valence-electron chi connectivity index (χ4n) is 3.83. The van der Waals surface area contributed by atoms with Gasteiger partial charge in [-0.05, 0) is 42.9 Å². The molecule has 0 amide bonds. The van der Waals surface area contributed by atoms with E-state index in [0.29, 0.717) is 16.9 Å². The molecule has 2 fully saturated rings. The number of hydrogen-bond donors (Lipinski definition) is 2. The molecule has 2 saturated carbocycles. The highest BCUT2D eigenvalue weighted by molar-refractivity contribution is 5.12. The molecular weight excluding hydrogens is 186 g/mol. The summed E-state index contributed by atoms with van der Waals surface area (Å²) < 4.78 is 0. The van der Waals surface area contributed by atoms with Crippen LogP contribution in [0.2, 0.25) is 0 Å². The van der Waals surface area contributed by atoms with Crippen molar-refractivity contribution in [3.63, 3.8) is 0 Å². The summed E-state index contributed by atoms with van der Waals surface area (Å²) in [5.41, 5.74) is 0.913. The Kier molecular flexibility index (Phi) is 2.63. The normalized spacial score (nSPS) is 44.6. The predicted octanol–water partition coefficient (Wildman–Crippen LogP) is 2.17. The van der Waals surface area contributed by atoms with E-state index in [9.17, 15) is 5.11 Å². The van der Waals surface area contributed by atoms with Gasteiger partial charge in [-0.2, -0.15) is 0 Å². The Morgan fingerprint density at radius 1 is 1.40 bits per heavy atom. The van der Waals surface area contributed by atoms with Gasteiger partial charge < -0.3 is 10.4 Å². The van der Waals surface area contributed by atoms with Crippen LogP contribution in [0.5, 0.6) is 0 Å². The molecular formula is C13H25NO. The van der Waals surface area contributed by atoms with Crippen molar-refractivity contribution in [2.75, 3.05) is 6.54 Å². The monoisotopic (exact) mass is 211 g/mol. The molecule has 2 aliphatic carbocycles. The Morgan fingerprint density at radius 3 is 2.47 bits per heavy atom. The van der Waals surface area contributed by atoms with E-state index in [-0.39, 0.29) is 6.10 Å². The van der Waals surface area contributed by atoms with Crippen LogP contribution < -0.4 is 5.32 Å². The van der Waals surface area contributed by atoms with Crippen molar-refractivity contribution in [1.82, 2.24) is 5.32 Å². The summed E-state index contributed by atoms with van der Waals surface area (Å²) in [5, 5.41) is 12.9. The maximum Gasteiger partial charge on any atom is 0.0636 e. The maximum atomic E-state index is 9.33. The lowest BCUT2D eigenvalue weighted by molar-refractivity contribution is 0.109. The van der Waals surface area contributed by atoms with Gasteiger partial charge in [-0.15, -0.1) is 0 Å². The van der Waals surface area contributed by atoms with E-state index in [2.05, 4.69) is 26.1 Å². The highest BCUT2D eigenvalue weighted by atomic mass is 16.3. The molecule has 0 aliphatic heterocycles.